The Bertz CT molecular complexity index is 739. The lowest BCUT2D eigenvalue weighted by atomic mass is 10.0. The molecule has 0 radical (unpaired) electrons. The van der Waals surface area contributed by atoms with Gasteiger partial charge in [0.1, 0.15) is 0 Å². The molecule has 7 heteroatoms. The molecule has 0 bridgehead atoms. The van der Waals surface area contributed by atoms with Crippen molar-refractivity contribution in [3.05, 3.63) is 41.5 Å². The standard InChI is InChI=1S/C14H17N3O3S/c1-10-16-14(17-20-10)6-8-15-12-7-9-21(18,19)13-5-3-2-4-11(12)13/h2-5,12,15H,6-9H2,1H3. The first-order chi connectivity index (χ1) is 10.1. The smallest absolute Gasteiger partial charge is 0.223 e. The maximum absolute atomic E-state index is 12.1. The van der Waals surface area contributed by atoms with E-state index in [4.69, 9.17) is 4.52 Å². The Balaban J connectivity index is 1.69. The highest BCUT2D eigenvalue weighted by Gasteiger charge is 2.29. The number of hydrogen-bond donors (Lipinski definition) is 1. The third-order valence-corrected chi connectivity index (χ3v) is 5.43. The molecular formula is C14H17N3O3S. The topological polar surface area (TPSA) is 85.1 Å². The van der Waals surface area contributed by atoms with Gasteiger partial charge in [-0.25, -0.2) is 8.42 Å². The molecule has 2 aromatic rings. The van der Waals surface area contributed by atoms with Crippen LogP contribution in [0.15, 0.2) is 33.7 Å². The third kappa shape index (κ3) is 2.98. The van der Waals surface area contributed by atoms with Gasteiger partial charge in [0.25, 0.3) is 0 Å². The third-order valence-electron chi connectivity index (χ3n) is 3.61. The van der Waals surface area contributed by atoms with Gasteiger partial charge in [-0.3, -0.25) is 0 Å². The lowest BCUT2D eigenvalue weighted by molar-refractivity contribution is 0.386. The van der Waals surface area contributed by atoms with Crippen LogP contribution in [0.4, 0.5) is 0 Å². The molecule has 1 aliphatic heterocycles. The quantitative estimate of drug-likeness (QED) is 0.919. The maximum atomic E-state index is 12.1. The summed E-state index contributed by atoms with van der Waals surface area (Å²) >= 11 is 0. The summed E-state index contributed by atoms with van der Waals surface area (Å²) in [7, 11) is -3.13. The van der Waals surface area contributed by atoms with Crippen molar-refractivity contribution < 1.29 is 12.9 Å². The van der Waals surface area contributed by atoms with Crippen molar-refractivity contribution >= 4 is 9.84 Å². The van der Waals surface area contributed by atoms with E-state index < -0.39 is 9.84 Å². The molecule has 0 spiro atoms. The molecular weight excluding hydrogens is 290 g/mol. The van der Waals surface area contributed by atoms with Crippen molar-refractivity contribution in [2.45, 2.75) is 30.7 Å². The number of fused-ring (bicyclic) bond motifs is 1. The molecule has 2 heterocycles. The zero-order valence-electron chi connectivity index (χ0n) is 11.7. The fraction of sp³-hybridized carbons (Fsp3) is 0.429. The monoisotopic (exact) mass is 307 g/mol. The van der Waals surface area contributed by atoms with Crippen LogP contribution in [0.2, 0.25) is 0 Å². The first-order valence-electron chi connectivity index (χ1n) is 6.90. The highest BCUT2D eigenvalue weighted by atomic mass is 32.2. The summed E-state index contributed by atoms with van der Waals surface area (Å²) in [5.74, 6) is 1.40. The van der Waals surface area contributed by atoms with E-state index in [9.17, 15) is 8.42 Å². The van der Waals surface area contributed by atoms with Crippen LogP contribution >= 0.6 is 0 Å². The van der Waals surface area contributed by atoms with Crippen LogP contribution in [0.3, 0.4) is 0 Å². The minimum absolute atomic E-state index is 0.0534. The summed E-state index contributed by atoms with van der Waals surface area (Å²) in [5.41, 5.74) is 0.855. The van der Waals surface area contributed by atoms with Crippen molar-refractivity contribution in [3.63, 3.8) is 0 Å². The predicted molar refractivity (Wildman–Crippen MR) is 76.6 cm³/mol. The Morgan fingerprint density at radius 1 is 1.38 bits per heavy atom. The second-order valence-electron chi connectivity index (χ2n) is 5.13. The fourth-order valence-electron chi connectivity index (χ4n) is 2.60. The zero-order valence-corrected chi connectivity index (χ0v) is 12.6. The van der Waals surface area contributed by atoms with Gasteiger partial charge in [0.2, 0.25) is 5.89 Å². The number of benzene rings is 1. The Morgan fingerprint density at radius 2 is 2.19 bits per heavy atom. The summed E-state index contributed by atoms with van der Waals surface area (Å²) in [5, 5.41) is 7.23. The fourth-order valence-corrected chi connectivity index (χ4v) is 4.22. The Hall–Kier alpha value is -1.73. The number of sulfone groups is 1. The molecule has 6 nitrogen and oxygen atoms in total. The van der Waals surface area contributed by atoms with Crippen LogP contribution in [0.5, 0.6) is 0 Å². The van der Waals surface area contributed by atoms with E-state index in [1.807, 2.05) is 12.1 Å². The molecule has 1 aliphatic rings. The minimum atomic E-state index is -3.13. The van der Waals surface area contributed by atoms with Crippen LogP contribution in [0, 0.1) is 6.92 Å². The van der Waals surface area contributed by atoms with E-state index in [0.29, 0.717) is 36.0 Å². The van der Waals surface area contributed by atoms with Gasteiger partial charge in [0, 0.05) is 25.9 Å². The van der Waals surface area contributed by atoms with Gasteiger partial charge in [-0.1, -0.05) is 23.4 Å². The number of hydrogen-bond acceptors (Lipinski definition) is 6. The van der Waals surface area contributed by atoms with Crippen molar-refractivity contribution in [2.75, 3.05) is 12.3 Å². The average Bonchev–Trinajstić information content (AvgIpc) is 2.87. The number of aryl methyl sites for hydroxylation is 1. The summed E-state index contributed by atoms with van der Waals surface area (Å²) in [6, 6.07) is 7.25. The van der Waals surface area contributed by atoms with E-state index in [1.54, 1.807) is 19.1 Å². The molecule has 112 valence electrons. The van der Waals surface area contributed by atoms with Gasteiger partial charge in [0.15, 0.2) is 15.7 Å². The summed E-state index contributed by atoms with van der Waals surface area (Å²) in [6.45, 7) is 2.43. The number of nitrogens with zero attached hydrogens (tertiary/aromatic N) is 2. The van der Waals surface area contributed by atoms with E-state index in [1.165, 1.54) is 0 Å². The average molecular weight is 307 g/mol. The largest absolute Gasteiger partial charge is 0.340 e. The second-order valence-corrected chi connectivity index (χ2v) is 7.21. The Labute approximate surface area is 123 Å². The van der Waals surface area contributed by atoms with Gasteiger partial charge < -0.3 is 9.84 Å². The SMILES string of the molecule is Cc1nc(CCNC2CCS(=O)(=O)c3ccccc32)no1. The molecule has 0 fully saturated rings. The van der Waals surface area contributed by atoms with Gasteiger partial charge in [-0.15, -0.1) is 0 Å². The molecule has 0 saturated heterocycles. The molecule has 1 unspecified atom stereocenters. The van der Waals surface area contributed by atoms with Gasteiger partial charge in [-0.2, -0.15) is 4.98 Å². The van der Waals surface area contributed by atoms with Crippen LogP contribution in [-0.4, -0.2) is 30.9 Å². The molecule has 21 heavy (non-hydrogen) atoms. The van der Waals surface area contributed by atoms with Crippen molar-refractivity contribution in [1.82, 2.24) is 15.5 Å². The lowest BCUT2D eigenvalue weighted by Gasteiger charge is -2.26. The van der Waals surface area contributed by atoms with Gasteiger partial charge >= 0.3 is 0 Å². The van der Waals surface area contributed by atoms with Gasteiger partial charge in [0.05, 0.1) is 10.6 Å². The van der Waals surface area contributed by atoms with Crippen LogP contribution < -0.4 is 5.32 Å². The van der Waals surface area contributed by atoms with Crippen LogP contribution in [0.1, 0.15) is 29.7 Å². The predicted octanol–water partition coefficient (Wildman–Crippen LogP) is 1.43. The first kappa shape index (κ1) is 14.2. The van der Waals surface area contributed by atoms with E-state index >= 15 is 0 Å². The zero-order chi connectivity index (χ0) is 14.9. The van der Waals surface area contributed by atoms with Crippen molar-refractivity contribution in [3.8, 4) is 0 Å². The summed E-state index contributed by atoms with van der Waals surface area (Å²) < 4.78 is 29.0. The highest BCUT2D eigenvalue weighted by molar-refractivity contribution is 7.91. The normalized spacial score (nSPS) is 20.1. The number of aromatic nitrogens is 2. The summed E-state index contributed by atoms with van der Waals surface area (Å²) in [6.07, 6.45) is 1.24. The van der Waals surface area contributed by atoms with E-state index in [2.05, 4.69) is 15.5 Å². The van der Waals surface area contributed by atoms with Crippen LogP contribution in [-0.2, 0) is 16.3 Å². The molecule has 0 aliphatic carbocycles. The summed E-state index contributed by atoms with van der Waals surface area (Å²) in [4.78, 5) is 4.60. The van der Waals surface area contributed by atoms with Crippen molar-refractivity contribution in [2.24, 2.45) is 0 Å². The molecule has 1 atom stereocenters. The number of nitrogens with one attached hydrogen (secondary N) is 1. The van der Waals surface area contributed by atoms with E-state index in [-0.39, 0.29) is 11.8 Å². The Morgan fingerprint density at radius 3 is 2.95 bits per heavy atom. The first-order valence-corrected chi connectivity index (χ1v) is 8.56. The molecule has 3 rings (SSSR count). The second kappa shape index (κ2) is 5.57. The molecule has 1 N–H and O–H groups in total. The highest BCUT2D eigenvalue weighted by Crippen LogP contribution is 2.31. The Kier molecular flexibility index (Phi) is 3.77. The molecule has 0 saturated carbocycles. The number of rotatable bonds is 4. The van der Waals surface area contributed by atoms with Crippen LogP contribution in [0.25, 0.3) is 0 Å². The van der Waals surface area contributed by atoms with Gasteiger partial charge in [-0.05, 0) is 18.1 Å². The maximum Gasteiger partial charge on any atom is 0.223 e. The van der Waals surface area contributed by atoms with Crippen molar-refractivity contribution in [1.29, 1.82) is 0 Å². The lowest BCUT2D eigenvalue weighted by Crippen LogP contribution is -2.31. The molecule has 1 aromatic carbocycles. The van der Waals surface area contributed by atoms with E-state index in [0.717, 1.165) is 5.56 Å². The minimum Gasteiger partial charge on any atom is -0.340 e. The molecule has 0 amide bonds. The molecule has 1 aromatic heterocycles.